The van der Waals surface area contributed by atoms with Gasteiger partial charge in [-0.2, -0.15) is 5.26 Å². The molecule has 1 N–H and O–H groups in total. The Morgan fingerprint density at radius 2 is 1.74 bits per heavy atom. The van der Waals surface area contributed by atoms with Gasteiger partial charge in [-0.1, -0.05) is 30.3 Å². The summed E-state index contributed by atoms with van der Waals surface area (Å²) in [6, 6.07) is 17.9. The molecule has 0 atom stereocenters. The van der Waals surface area contributed by atoms with Crippen molar-refractivity contribution in [2.45, 2.75) is 17.1 Å². The minimum Gasteiger partial charge on any atom is -0.457 e. The van der Waals surface area contributed by atoms with E-state index in [2.05, 4.69) is 5.32 Å². The van der Waals surface area contributed by atoms with Gasteiger partial charge in [0.25, 0.3) is 5.91 Å². The summed E-state index contributed by atoms with van der Waals surface area (Å²) in [5.74, 6) is -2.23. The van der Waals surface area contributed by atoms with E-state index in [1.54, 1.807) is 42.5 Å². The lowest BCUT2D eigenvalue weighted by molar-refractivity contribution is -0.119. The molecule has 9 heteroatoms. The van der Waals surface area contributed by atoms with Crippen LogP contribution in [0.4, 0.5) is 5.69 Å². The van der Waals surface area contributed by atoms with E-state index in [1.165, 1.54) is 24.5 Å². The Hall–Kier alpha value is -3.90. The molecule has 8 nitrogen and oxygen atoms in total. The van der Waals surface area contributed by atoms with Crippen LogP contribution in [0.25, 0.3) is 0 Å². The average molecular weight is 438 g/mol. The van der Waals surface area contributed by atoms with Crippen LogP contribution in [0, 0.1) is 11.3 Å². The van der Waals surface area contributed by atoms with Gasteiger partial charge in [0.2, 0.25) is 5.76 Å². The molecule has 1 heterocycles. The molecule has 0 saturated carbocycles. The van der Waals surface area contributed by atoms with Crippen molar-refractivity contribution in [1.82, 2.24) is 0 Å². The zero-order valence-corrected chi connectivity index (χ0v) is 17.1. The van der Waals surface area contributed by atoms with Crippen molar-refractivity contribution in [2.75, 3.05) is 11.9 Å². The Balaban J connectivity index is 1.58. The van der Waals surface area contributed by atoms with E-state index >= 15 is 0 Å². The van der Waals surface area contributed by atoms with Gasteiger partial charge in [0, 0.05) is 11.3 Å². The van der Waals surface area contributed by atoms with Crippen LogP contribution in [0.15, 0.2) is 76.2 Å². The second-order valence-corrected chi connectivity index (χ2v) is 8.49. The highest BCUT2D eigenvalue weighted by Crippen LogP contribution is 2.20. The summed E-state index contributed by atoms with van der Waals surface area (Å²) in [7, 11) is -3.69. The average Bonchev–Trinajstić information content (AvgIpc) is 3.22. The molecule has 0 aliphatic carbocycles. The summed E-state index contributed by atoms with van der Waals surface area (Å²) >= 11 is 0. The minimum atomic E-state index is -3.69. The maximum absolute atomic E-state index is 12.5. The predicted octanol–water partition coefficient (Wildman–Crippen LogP) is 3.12. The van der Waals surface area contributed by atoms with E-state index in [0.29, 0.717) is 5.69 Å². The first-order chi connectivity index (χ1) is 14.9. The summed E-state index contributed by atoms with van der Waals surface area (Å²) in [6.45, 7) is -0.579. The van der Waals surface area contributed by atoms with Crippen molar-refractivity contribution in [3.05, 3.63) is 83.8 Å². The van der Waals surface area contributed by atoms with Crippen LogP contribution >= 0.6 is 0 Å². The number of anilines is 1. The van der Waals surface area contributed by atoms with Gasteiger partial charge < -0.3 is 14.5 Å². The first kappa shape index (κ1) is 21.8. The lowest BCUT2D eigenvalue weighted by atomic mass is 10.1. The van der Waals surface area contributed by atoms with Gasteiger partial charge >= 0.3 is 5.97 Å². The normalized spacial score (nSPS) is 10.8. The largest absolute Gasteiger partial charge is 0.457 e. The molecule has 3 rings (SSSR count). The number of carbonyl (C=O) groups is 2. The molecule has 0 fully saturated rings. The van der Waals surface area contributed by atoms with Crippen LogP contribution in [-0.2, 0) is 31.5 Å². The minimum absolute atomic E-state index is 0.121. The van der Waals surface area contributed by atoms with E-state index in [-0.39, 0.29) is 22.6 Å². The van der Waals surface area contributed by atoms with E-state index in [9.17, 15) is 18.0 Å². The number of nitrogens with zero attached hydrogens (tertiary/aromatic N) is 1. The maximum atomic E-state index is 12.5. The molecule has 2 aromatic carbocycles. The maximum Gasteiger partial charge on any atom is 0.375 e. The summed E-state index contributed by atoms with van der Waals surface area (Å²) in [5, 5.41) is 11.2. The van der Waals surface area contributed by atoms with Crippen molar-refractivity contribution >= 4 is 27.4 Å². The number of furan rings is 1. The Morgan fingerprint density at radius 3 is 2.42 bits per heavy atom. The molecule has 3 aromatic rings. The highest BCUT2D eigenvalue weighted by molar-refractivity contribution is 7.90. The number of esters is 1. The molecule has 0 bridgehead atoms. The van der Waals surface area contributed by atoms with Gasteiger partial charge in [-0.3, -0.25) is 4.79 Å². The van der Waals surface area contributed by atoms with E-state index in [4.69, 9.17) is 14.4 Å². The van der Waals surface area contributed by atoms with Gasteiger partial charge in [-0.05, 0) is 35.9 Å². The summed E-state index contributed by atoms with van der Waals surface area (Å²) in [4.78, 5) is 24.5. The van der Waals surface area contributed by atoms with Crippen molar-refractivity contribution < 1.29 is 27.2 Å². The van der Waals surface area contributed by atoms with Gasteiger partial charge in [0.05, 0.1) is 29.4 Å². The predicted molar refractivity (Wildman–Crippen MR) is 111 cm³/mol. The standard InChI is InChI=1S/C22H18N2O6S/c23-12-10-16-6-8-18(9-7-16)24-20(25)14-30-22(26)21-17(11-13-29-21)15-31(27,28)19-4-2-1-3-5-19/h1-9,11,13H,10,14-15H2,(H,24,25). The Bertz CT molecular complexity index is 1210. The van der Waals surface area contributed by atoms with E-state index in [1.807, 2.05) is 6.07 Å². The topological polar surface area (TPSA) is 126 Å². The SMILES string of the molecule is N#CCc1ccc(NC(=O)COC(=O)c2occc2CS(=O)(=O)c2ccccc2)cc1. The summed E-state index contributed by atoms with van der Waals surface area (Å²) in [5.41, 5.74) is 1.43. The van der Waals surface area contributed by atoms with Crippen molar-refractivity contribution in [3.8, 4) is 6.07 Å². The zero-order valence-electron chi connectivity index (χ0n) is 16.3. The van der Waals surface area contributed by atoms with Crippen molar-refractivity contribution in [2.24, 2.45) is 0 Å². The molecule has 0 spiro atoms. The molecule has 1 amide bonds. The fourth-order valence-electron chi connectivity index (χ4n) is 2.74. The summed E-state index contributed by atoms with van der Waals surface area (Å²) in [6.07, 6.45) is 1.45. The highest BCUT2D eigenvalue weighted by atomic mass is 32.2. The molecule has 1 aromatic heterocycles. The number of hydrogen-bond donors (Lipinski definition) is 1. The van der Waals surface area contributed by atoms with Crippen molar-refractivity contribution in [3.63, 3.8) is 0 Å². The number of amides is 1. The van der Waals surface area contributed by atoms with Crippen LogP contribution in [0.3, 0.4) is 0 Å². The molecule has 0 aliphatic rings. The van der Waals surface area contributed by atoms with Crippen molar-refractivity contribution in [1.29, 1.82) is 5.26 Å². The molecule has 0 radical (unpaired) electrons. The van der Waals surface area contributed by atoms with Crippen LogP contribution in [0.1, 0.15) is 21.7 Å². The number of ether oxygens (including phenoxy) is 1. The van der Waals surface area contributed by atoms with Crippen LogP contribution in [0.5, 0.6) is 0 Å². The molecule has 0 unspecified atom stereocenters. The van der Waals surface area contributed by atoms with Gasteiger partial charge in [-0.25, -0.2) is 13.2 Å². The Morgan fingerprint density at radius 1 is 1.03 bits per heavy atom. The number of nitriles is 1. The third-order valence-electron chi connectivity index (χ3n) is 4.24. The smallest absolute Gasteiger partial charge is 0.375 e. The third kappa shape index (κ3) is 5.81. The van der Waals surface area contributed by atoms with Crippen LogP contribution in [0.2, 0.25) is 0 Å². The lowest BCUT2D eigenvalue weighted by Gasteiger charge is -2.07. The molecule has 31 heavy (non-hydrogen) atoms. The lowest BCUT2D eigenvalue weighted by Crippen LogP contribution is -2.21. The number of sulfone groups is 1. The van der Waals surface area contributed by atoms with E-state index in [0.717, 1.165) is 5.56 Å². The fraction of sp³-hybridized carbons (Fsp3) is 0.136. The first-order valence-corrected chi connectivity index (χ1v) is 10.8. The van der Waals surface area contributed by atoms with Gasteiger partial charge in [0.15, 0.2) is 16.4 Å². The first-order valence-electron chi connectivity index (χ1n) is 9.16. The second kappa shape index (κ2) is 9.73. The number of benzene rings is 2. The quantitative estimate of drug-likeness (QED) is 0.535. The van der Waals surface area contributed by atoms with Gasteiger partial charge in [-0.15, -0.1) is 0 Å². The Kier molecular flexibility index (Phi) is 6.85. The molecular weight excluding hydrogens is 420 g/mol. The van der Waals surface area contributed by atoms with Crippen LogP contribution in [-0.4, -0.2) is 26.9 Å². The highest BCUT2D eigenvalue weighted by Gasteiger charge is 2.24. The second-order valence-electron chi connectivity index (χ2n) is 6.50. The van der Waals surface area contributed by atoms with E-state index < -0.39 is 34.1 Å². The summed E-state index contributed by atoms with van der Waals surface area (Å²) < 4.78 is 35.1. The molecule has 0 saturated heterocycles. The third-order valence-corrected chi connectivity index (χ3v) is 5.92. The zero-order chi connectivity index (χ0) is 22.3. The fourth-order valence-corrected chi connectivity index (χ4v) is 4.11. The number of carbonyl (C=O) groups excluding carboxylic acids is 2. The molecule has 0 aliphatic heterocycles. The number of hydrogen-bond acceptors (Lipinski definition) is 7. The monoisotopic (exact) mass is 438 g/mol. The van der Waals surface area contributed by atoms with Gasteiger partial charge in [0.1, 0.15) is 0 Å². The Labute approximate surface area is 179 Å². The molecular formula is C22H18N2O6S. The van der Waals surface area contributed by atoms with Crippen LogP contribution < -0.4 is 5.32 Å². The number of rotatable bonds is 8. The molecule has 158 valence electrons. The number of nitrogens with one attached hydrogen (secondary N) is 1.